The van der Waals surface area contributed by atoms with E-state index in [1.807, 2.05) is 4.90 Å². The molecular formula is C17H25F3N4O. The highest BCUT2D eigenvalue weighted by Crippen LogP contribution is 2.36. The fourth-order valence-electron chi connectivity index (χ4n) is 3.66. The van der Waals surface area contributed by atoms with Crippen LogP contribution in [-0.4, -0.2) is 68.5 Å². The number of anilines is 2. The van der Waals surface area contributed by atoms with Crippen LogP contribution in [0.4, 0.5) is 24.5 Å². The van der Waals surface area contributed by atoms with Gasteiger partial charge in [-0.1, -0.05) is 0 Å². The van der Waals surface area contributed by atoms with Gasteiger partial charge >= 0.3 is 6.36 Å². The van der Waals surface area contributed by atoms with E-state index in [-0.39, 0.29) is 11.4 Å². The van der Waals surface area contributed by atoms with Gasteiger partial charge in [-0.25, -0.2) is 0 Å². The van der Waals surface area contributed by atoms with Crippen molar-refractivity contribution in [2.45, 2.75) is 25.2 Å². The van der Waals surface area contributed by atoms with Crippen molar-refractivity contribution in [3.63, 3.8) is 0 Å². The summed E-state index contributed by atoms with van der Waals surface area (Å²) in [5, 5.41) is 0. The number of nitrogens with two attached hydrogens (primary N) is 1. The van der Waals surface area contributed by atoms with E-state index in [0.717, 1.165) is 52.1 Å². The minimum absolute atomic E-state index is 0.217. The Labute approximate surface area is 146 Å². The third kappa shape index (κ3) is 4.70. The molecule has 3 rings (SSSR count). The van der Waals surface area contributed by atoms with E-state index in [1.54, 1.807) is 12.1 Å². The number of halogens is 3. The van der Waals surface area contributed by atoms with Crippen molar-refractivity contribution in [1.29, 1.82) is 0 Å². The second-order valence-corrected chi connectivity index (χ2v) is 6.83. The van der Waals surface area contributed by atoms with Crippen LogP contribution >= 0.6 is 0 Å². The zero-order valence-corrected chi connectivity index (χ0v) is 14.4. The van der Waals surface area contributed by atoms with E-state index in [9.17, 15) is 13.2 Å². The number of alkyl halides is 3. The monoisotopic (exact) mass is 358 g/mol. The first-order valence-corrected chi connectivity index (χ1v) is 8.64. The van der Waals surface area contributed by atoms with Crippen LogP contribution in [0.3, 0.4) is 0 Å². The number of piperazine rings is 1. The van der Waals surface area contributed by atoms with E-state index < -0.39 is 6.36 Å². The van der Waals surface area contributed by atoms with E-state index in [0.29, 0.717) is 11.7 Å². The van der Waals surface area contributed by atoms with Gasteiger partial charge in [-0.05, 0) is 32.0 Å². The first-order valence-electron chi connectivity index (χ1n) is 8.64. The summed E-state index contributed by atoms with van der Waals surface area (Å²) in [6, 6.07) is 4.98. The number of rotatable bonds is 3. The lowest BCUT2D eigenvalue weighted by Gasteiger charge is -2.42. The summed E-state index contributed by atoms with van der Waals surface area (Å²) < 4.78 is 42.2. The largest absolute Gasteiger partial charge is 0.573 e. The average Bonchev–Trinajstić information content (AvgIpc) is 2.55. The van der Waals surface area contributed by atoms with Crippen LogP contribution in [0.5, 0.6) is 5.75 Å². The molecule has 0 radical (unpaired) electrons. The van der Waals surface area contributed by atoms with Gasteiger partial charge in [0, 0.05) is 57.1 Å². The summed E-state index contributed by atoms with van der Waals surface area (Å²) in [7, 11) is 2.13. The van der Waals surface area contributed by atoms with Crippen molar-refractivity contribution in [3.05, 3.63) is 18.2 Å². The molecule has 5 nitrogen and oxygen atoms in total. The topological polar surface area (TPSA) is 45.0 Å². The Balaban J connectivity index is 1.64. The van der Waals surface area contributed by atoms with Crippen molar-refractivity contribution in [3.8, 4) is 5.75 Å². The summed E-state index contributed by atoms with van der Waals surface area (Å²) >= 11 is 0. The maximum Gasteiger partial charge on any atom is 0.573 e. The van der Waals surface area contributed by atoms with Gasteiger partial charge in [0.05, 0.1) is 5.69 Å². The summed E-state index contributed by atoms with van der Waals surface area (Å²) in [6.45, 7) is 5.70. The number of benzene rings is 1. The van der Waals surface area contributed by atoms with E-state index >= 15 is 0 Å². The van der Waals surface area contributed by atoms with Gasteiger partial charge < -0.3 is 20.3 Å². The first kappa shape index (κ1) is 18.1. The summed E-state index contributed by atoms with van der Waals surface area (Å²) in [5.41, 5.74) is 6.35. The molecule has 0 bridgehead atoms. The number of hydrogen-bond acceptors (Lipinski definition) is 5. The molecule has 0 spiro atoms. The molecule has 2 fully saturated rings. The van der Waals surface area contributed by atoms with Crippen LogP contribution < -0.4 is 15.4 Å². The second-order valence-electron chi connectivity index (χ2n) is 6.83. The fourth-order valence-corrected chi connectivity index (χ4v) is 3.66. The molecule has 1 aromatic carbocycles. The molecule has 2 N–H and O–H groups in total. The molecule has 140 valence electrons. The second kappa shape index (κ2) is 7.29. The van der Waals surface area contributed by atoms with Crippen molar-refractivity contribution < 1.29 is 17.9 Å². The quantitative estimate of drug-likeness (QED) is 0.841. The Morgan fingerprint density at radius 2 is 1.68 bits per heavy atom. The van der Waals surface area contributed by atoms with Crippen LogP contribution in [0.25, 0.3) is 0 Å². The van der Waals surface area contributed by atoms with Gasteiger partial charge in [-0.3, -0.25) is 4.90 Å². The van der Waals surface area contributed by atoms with E-state index in [1.165, 1.54) is 6.07 Å². The highest BCUT2D eigenvalue weighted by Gasteiger charge is 2.34. The zero-order chi connectivity index (χ0) is 18.0. The van der Waals surface area contributed by atoms with Gasteiger partial charge in [0.2, 0.25) is 0 Å². The normalized spacial score (nSPS) is 21.5. The highest BCUT2D eigenvalue weighted by molar-refractivity contribution is 5.64. The van der Waals surface area contributed by atoms with Crippen LogP contribution in [0.15, 0.2) is 18.2 Å². The van der Waals surface area contributed by atoms with Crippen LogP contribution in [0.1, 0.15) is 12.8 Å². The SMILES string of the molecule is CN1CCN(C2CCN(c3ccc(N)cc3OC(F)(F)F)CC2)CC1. The van der Waals surface area contributed by atoms with Gasteiger partial charge in [0.1, 0.15) is 0 Å². The summed E-state index contributed by atoms with van der Waals surface area (Å²) in [4.78, 5) is 6.79. The van der Waals surface area contributed by atoms with Crippen LogP contribution in [0.2, 0.25) is 0 Å². The molecule has 25 heavy (non-hydrogen) atoms. The molecule has 0 saturated carbocycles. The molecule has 0 unspecified atom stereocenters. The fraction of sp³-hybridized carbons (Fsp3) is 0.647. The van der Waals surface area contributed by atoms with Gasteiger partial charge in [-0.15, -0.1) is 13.2 Å². The summed E-state index contributed by atoms with van der Waals surface area (Å²) in [6.07, 6.45) is -2.83. The zero-order valence-electron chi connectivity index (χ0n) is 14.4. The summed E-state index contributed by atoms with van der Waals surface area (Å²) in [5.74, 6) is -0.217. The van der Waals surface area contributed by atoms with Crippen molar-refractivity contribution in [1.82, 2.24) is 9.80 Å². The van der Waals surface area contributed by atoms with Crippen molar-refractivity contribution in [2.24, 2.45) is 0 Å². The van der Waals surface area contributed by atoms with Gasteiger partial charge in [0.15, 0.2) is 5.75 Å². The number of likely N-dealkylation sites (N-methyl/N-ethyl adjacent to an activating group) is 1. The first-order chi connectivity index (χ1) is 11.8. The Kier molecular flexibility index (Phi) is 5.29. The van der Waals surface area contributed by atoms with Crippen LogP contribution in [-0.2, 0) is 0 Å². The smallest absolute Gasteiger partial charge is 0.403 e. The molecule has 2 aliphatic heterocycles. The number of hydrogen-bond donors (Lipinski definition) is 1. The van der Waals surface area contributed by atoms with E-state index in [4.69, 9.17) is 5.73 Å². The molecule has 8 heteroatoms. The Morgan fingerprint density at radius 1 is 1.04 bits per heavy atom. The van der Waals surface area contributed by atoms with Crippen molar-refractivity contribution in [2.75, 3.05) is 56.9 Å². The lowest BCUT2D eigenvalue weighted by atomic mass is 10.0. The third-order valence-corrected chi connectivity index (χ3v) is 5.07. The molecule has 0 amide bonds. The Hall–Kier alpha value is -1.67. The third-order valence-electron chi connectivity index (χ3n) is 5.07. The molecule has 2 saturated heterocycles. The minimum Gasteiger partial charge on any atom is -0.403 e. The molecule has 0 atom stereocenters. The maximum absolute atomic E-state index is 12.7. The molecule has 2 heterocycles. The Morgan fingerprint density at radius 3 is 2.28 bits per heavy atom. The molecule has 0 aliphatic carbocycles. The maximum atomic E-state index is 12.7. The standard InChI is InChI=1S/C17H25F3N4O/c1-22-8-10-23(11-9-22)14-4-6-24(7-5-14)15-3-2-13(21)12-16(15)25-17(18,19)20/h2-3,12,14H,4-11,21H2,1H3. The number of ether oxygens (including phenoxy) is 1. The van der Waals surface area contributed by atoms with Crippen molar-refractivity contribution >= 4 is 11.4 Å². The number of nitrogens with zero attached hydrogens (tertiary/aromatic N) is 3. The van der Waals surface area contributed by atoms with E-state index in [2.05, 4.69) is 21.6 Å². The molecule has 2 aliphatic rings. The predicted molar refractivity (Wildman–Crippen MR) is 91.8 cm³/mol. The molecule has 1 aromatic rings. The average molecular weight is 358 g/mol. The predicted octanol–water partition coefficient (Wildman–Crippen LogP) is 2.38. The lowest BCUT2D eigenvalue weighted by molar-refractivity contribution is -0.274. The number of nitrogen functional groups attached to an aromatic ring is 1. The molecular weight excluding hydrogens is 333 g/mol. The van der Waals surface area contributed by atoms with Crippen LogP contribution in [0, 0.1) is 0 Å². The molecule has 0 aromatic heterocycles. The van der Waals surface area contributed by atoms with Gasteiger partial charge in [-0.2, -0.15) is 0 Å². The number of piperidine rings is 1. The Bertz CT molecular complexity index is 580. The highest BCUT2D eigenvalue weighted by atomic mass is 19.4. The minimum atomic E-state index is -4.72. The van der Waals surface area contributed by atoms with Gasteiger partial charge in [0.25, 0.3) is 0 Å². The lowest BCUT2D eigenvalue weighted by Crippen LogP contribution is -2.52.